The molecule has 2 N–H and O–H groups in total. The normalized spacial score (nSPS) is 10.3. The lowest BCUT2D eigenvalue weighted by atomic mass is 10.3. The van der Waals surface area contributed by atoms with Gasteiger partial charge in [0.05, 0.1) is 22.9 Å². The van der Waals surface area contributed by atoms with Crippen LogP contribution in [0, 0.1) is 12.7 Å². The molecule has 2 aromatic rings. The first-order valence-electron chi connectivity index (χ1n) is 5.46. The van der Waals surface area contributed by atoms with E-state index in [0.717, 1.165) is 0 Å². The van der Waals surface area contributed by atoms with Crippen LogP contribution in [-0.4, -0.2) is 17.6 Å². The second-order valence-corrected chi connectivity index (χ2v) is 4.27. The highest BCUT2D eigenvalue weighted by Crippen LogP contribution is 2.22. The van der Waals surface area contributed by atoms with Gasteiger partial charge in [-0.25, -0.2) is 4.39 Å². The van der Waals surface area contributed by atoms with Crippen molar-refractivity contribution in [1.82, 2.24) is 5.16 Å². The van der Waals surface area contributed by atoms with Gasteiger partial charge in [-0.3, -0.25) is 10.1 Å². The lowest BCUT2D eigenvalue weighted by Gasteiger charge is -2.07. The fourth-order valence-corrected chi connectivity index (χ4v) is 1.65. The van der Waals surface area contributed by atoms with Gasteiger partial charge in [-0.15, -0.1) is 0 Å². The number of carbonyl (C=O) groups excluding carboxylic acids is 1. The molecule has 1 aromatic carbocycles. The van der Waals surface area contributed by atoms with Crippen LogP contribution >= 0.6 is 11.6 Å². The number of hydrogen-bond donors (Lipinski definition) is 2. The Morgan fingerprint density at radius 2 is 2.26 bits per heavy atom. The van der Waals surface area contributed by atoms with E-state index in [9.17, 15) is 9.18 Å². The van der Waals surface area contributed by atoms with Crippen LogP contribution in [-0.2, 0) is 4.79 Å². The number of nitrogens with one attached hydrogen (secondary N) is 2. The van der Waals surface area contributed by atoms with Crippen molar-refractivity contribution in [3.05, 3.63) is 40.8 Å². The maximum Gasteiger partial charge on any atom is 0.246 e. The van der Waals surface area contributed by atoms with Gasteiger partial charge < -0.3 is 9.84 Å². The molecular weight excluding hydrogens is 273 g/mol. The molecule has 0 aliphatic rings. The smallest absolute Gasteiger partial charge is 0.246 e. The third kappa shape index (κ3) is 3.69. The van der Waals surface area contributed by atoms with Crippen LogP contribution < -0.4 is 10.6 Å². The summed E-state index contributed by atoms with van der Waals surface area (Å²) in [6.45, 7) is 1.72. The van der Waals surface area contributed by atoms with E-state index in [1.807, 2.05) is 0 Å². The third-order valence-electron chi connectivity index (χ3n) is 2.26. The predicted molar refractivity (Wildman–Crippen MR) is 69.8 cm³/mol. The number of halogens is 2. The minimum Gasteiger partial charge on any atom is -0.375 e. The Balaban J connectivity index is 1.89. The molecule has 1 amide bonds. The van der Waals surface area contributed by atoms with Crippen LogP contribution in [0.4, 0.5) is 16.0 Å². The van der Waals surface area contributed by atoms with Gasteiger partial charge in [0.2, 0.25) is 11.8 Å². The summed E-state index contributed by atoms with van der Waals surface area (Å²) in [4.78, 5) is 11.6. The number of benzene rings is 1. The second kappa shape index (κ2) is 5.71. The molecule has 0 saturated carbocycles. The van der Waals surface area contributed by atoms with Gasteiger partial charge in [0.1, 0.15) is 5.82 Å². The van der Waals surface area contributed by atoms with Crippen LogP contribution in [0.2, 0.25) is 5.02 Å². The second-order valence-electron chi connectivity index (χ2n) is 3.86. The molecule has 100 valence electrons. The van der Waals surface area contributed by atoms with E-state index < -0.39 is 5.82 Å². The molecule has 0 unspecified atom stereocenters. The highest BCUT2D eigenvalue weighted by molar-refractivity contribution is 6.33. The number of aryl methyl sites for hydroxylation is 1. The lowest BCUT2D eigenvalue weighted by Crippen LogP contribution is -2.21. The standard InChI is InChI=1S/C12H11ClFN3O2/c1-7-4-12(19-17-7)16-11(18)6-15-10-3-2-8(14)5-9(10)13/h2-5,15H,6H2,1H3,(H,16,18). The number of aromatic nitrogens is 1. The minimum atomic E-state index is -0.433. The third-order valence-corrected chi connectivity index (χ3v) is 2.57. The van der Waals surface area contributed by atoms with Crippen LogP contribution in [0.15, 0.2) is 28.8 Å². The van der Waals surface area contributed by atoms with Gasteiger partial charge in [0.15, 0.2) is 0 Å². The van der Waals surface area contributed by atoms with Crippen LogP contribution in [0.3, 0.4) is 0 Å². The molecule has 1 aromatic heterocycles. The fraction of sp³-hybridized carbons (Fsp3) is 0.167. The minimum absolute atomic E-state index is 0.0227. The van der Waals surface area contributed by atoms with Gasteiger partial charge in [0, 0.05) is 6.07 Å². The van der Waals surface area contributed by atoms with Crippen molar-refractivity contribution in [3.63, 3.8) is 0 Å². The van der Waals surface area contributed by atoms with Crippen molar-refractivity contribution in [3.8, 4) is 0 Å². The average molecular weight is 284 g/mol. The zero-order chi connectivity index (χ0) is 13.8. The van der Waals surface area contributed by atoms with Gasteiger partial charge in [-0.05, 0) is 25.1 Å². The maximum atomic E-state index is 12.8. The SMILES string of the molecule is Cc1cc(NC(=O)CNc2ccc(F)cc2Cl)on1. The molecule has 0 aliphatic carbocycles. The predicted octanol–water partition coefficient (Wildman–Crippen LogP) is 2.83. The summed E-state index contributed by atoms with van der Waals surface area (Å²) in [7, 11) is 0. The summed E-state index contributed by atoms with van der Waals surface area (Å²) in [5, 5.41) is 9.16. The fourth-order valence-electron chi connectivity index (χ4n) is 1.41. The molecule has 5 nitrogen and oxygen atoms in total. The molecular formula is C12H11ClFN3O2. The molecule has 0 aliphatic heterocycles. The summed E-state index contributed by atoms with van der Waals surface area (Å²) >= 11 is 5.81. The Labute approximate surface area is 113 Å². The molecule has 7 heteroatoms. The molecule has 0 spiro atoms. The largest absolute Gasteiger partial charge is 0.375 e. The Hall–Kier alpha value is -2.08. The molecule has 0 bridgehead atoms. The number of nitrogens with zero attached hydrogens (tertiary/aromatic N) is 1. The van der Waals surface area contributed by atoms with Gasteiger partial charge in [0.25, 0.3) is 0 Å². The monoisotopic (exact) mass is 283 g/mol. The Morgan fingerprint density at radius 3 is 2.89 bits per heavy atom. The first-order chi connectivity index (χ1) is 9.04. The molecule has 1 heterocycles. The quantitative estimate of drug-likeness (QED) is 0.905. The van der Waals surface area contributed by atoms with Gasteiger partial charge >= 0.3 is 0 Å². The molecule has 2 rings (SSSR count). The van der Waals surface area contributed by atoms with E-state index >= 15 is 0 Å². The van der Waals surface area contributed by atoms with Gasteiger partial charge in [-0.1, -0.05) is 16.8 Å². The molecule has 19 heavy (non-hydrogen) atoms. The van der Waals surface area contributed by atoms with E-state index in [0.29, 0.717) is 11.4 Å². The van der Waals surface area contributed by atoms with Crippen LogP contribution in [0.5, 0.6) is 0 Å². The number of anilines is 2. The van der Waals surface area contributed by atoms with Crippen molar-refractivity contribution in [2.24, 2.45) is 0 Å². The van der Waals surface area contributed by atoms with E-state index in [4.69, 9.17) is 16.1 Å². The molecule has 0 fully saturated rings. The van der Waals surface area contributed by atoms with Crippen molar-refractivity contribution < 1.29 is 13.7 Å². The first kappa shape index (κ1) is 13.4. The van der Waals surface area contributed by atoms with Crippen molar-refractivity contribution >= 4 is 29.1 Å². The summed E-state index contributed by atoms with van der Waals surface area (Å²) in [6, 6.07) is 5.49. The zero-order valence-electron chi connectivity index (χ0n) is 10.0. The number of rotatable bonds is 4. The van der Waals surface area contributed by atoms with Crippen LogP contribution in [0.1, 0.15) is 5.69 Å². The van der Waals surface area contributed by atoms with Crippen LogP contribution in [0.25, 0.3) is 0 Å². The van der Waals surface area contributed by atoms with E-state index in [1.165, 1.54) is 18.2 Å². The average Bonchev–Trinajstić information content (AvgIpc) is 2.73. The lowest BCUT2D eigenvalue weighted by molar-refractivity contribution is -0.114. The van der Waals surface area contributed by atoms with E-state index in [-0.39, 0.29) is 23.4 Å². The van der Waals surface area contributed by atoms with E-state index in [1.54, 1.807) is 13.0 Å². The summed E-state index contributed by atoms with van der Waals surface area (Å²) in [6.07, 6.45) is 0. The summed E-state index contributed by atoms with van der Waals surface area (Å²) in [5.74, 6) is -0.483. The molecule has 0 radical (unpaired) electrons. The van der Waals surface area contributed by atoms with Crippen molar-refractivity contribution in [2.75, 3.05) is 17.2 Å². The topological polar surface area (TPSA) is 67.2 Å². The summed E-state index contributed by atoms with van der Waals surface area (Å²) in [5.41, 5.74) is 1.15. The van der Waals surface area contributed by atoms with Gasteiger partial charge in [-0.2, -0.15) is 0 Å². The Kier molecular flexibility index (Phi) is 4.01. The number of carbonyl (C=O) groups is 1. The van der Waals surface area contributed by atoms with Crippen molar-refractivity contribution in [1.29, 1.82) is 0 Å². The highest BCUT2D eigenvalue weighted by atomic mass is 35.5. The Bertz CT molecular complexity index is 600. The summed E-state index contributed by atoms with van der Waals surface area (Å²) < 4.78 is 17.7. The first-order valence-corrected chi connectivity index (χ1v) is 5.84. The number of hydrogen-bond acceptors (Lipinski definition) is 4. The van der Waals surface area contributed by atoms with Crippen molar-refractivity contribution in [2.45, 2.75) is 6.92 Å². The Morgan fingerprint density at radius 1 is 1.47 bits per heavy atom. The zero-order valence-corrected chi connectivity index (χ0v) is 10.8. The number of amides is 1. The highest BCUT2D eigenvalue weighted by Gasteiger charge is 2.07. The maximum absolute atomic E-state index is 12.8. The molecule has 0 saturated heterocycles. The molecule has 0 atom stereocenters. The van der Waals surface area contributed by atoms with E-state index in [2.05, 4.69) is 15.8 Å².